The fourth-order valence-electron chi connectivity index (χ4n) is 1.59. The first kappa shape index (κ1) is 12.8. The number of hydrogen-bond donors (Lipinski definition) is 1. The molecule has 90 valence electrons. The second-order valence-corrected chi connectivity index (χ2v) is 3.78. The minimum atomic E-state index is -0.921. The lowest BCUT2D eigenvalue weighted by molar-refractivity contribution is 0.0692. The number of carboxylic acids is 1. The van der Waals surface area contributed by atoms with Gasteiger partial charge in [0.2, 0.25) is 0 Å². The number of rotatable bonds is 7. The molecule has 16 heavy (non-hydrogen) atoms. The third-order valence-electron chi connectivity index (χ3n) is 2.62. The van der Waals surface area contributed by atoms with E-state index in [1.807, 2.05) is 0 Å². The van der Waals surface area contributed by atoms with E-state index in [-0.39, 0.29) is 5.56 Å². The molecule has 0 fully saturated rings. The van der Waals surface area contributed by atoms with Crippen LogP contribution in [0.4, 0.5) is 0 Å². The molecule has 1 aromatic heterocycles. The second kappa shape index (κ2) is 6.33. The summed E-state index contributed by atoms with van der Waals surface area (Å²) in [6.45, 7) is 6.67. The van der Waals surface area contributed by atoms with E-state index >= 15 is 0 Å². The Kier molecular flexibility index (Phi) is 5.05. The zero-order valence-corrected chi connectivity index (χ0v) is 9.90. The van der Waals surface area contributed by atoms with Crippen molar-refractivity contribution in [3.8, 4) is 0 Å². The number of hydrogen-bond acceptors (Lipinski definition) is 3. The Morgan fingerprint density at radius 3 is 2.81 bits per heavy atom. The van der Waals surface area contributed by atoms with E-state index in [4.69, 9.17) is 9.52 Å². The normalized spacial score (nSPS) is 10.9. The van der Waals surface area contributed by atoms with Crippen molar-refractivity contribution < 1.29 is 14.3 Å². The molecular weight excluding hydrogens is 206 g/mol. The molecule has 0 aliphatic carbocycles. The lowest BCUT2D eigenvalue weighted by atomic mass is 10.2. The number of nitrogens with zero attached hydrogens (tertiary/aromatic N) is 1. The molecule has 1 aromatic rings. The maximum absolute atomic E-state index is 10.9. The summed E-state index contributed by atoms with van der Waals surface area (Å²) in [4.78, 5) is 13.1. The standard InChI is InChI=1S/C12H19NO3/c1-3-5-7-13(4-2)9-11-10(12(14)15)6-8-16-11/h6,8H,3-5,7,9H2,1-2H3,(H,14,15). The predicted molar refractivity (Wildman–Crippen MR) is 61.5 cm³/mol. The van der Waals surface area contributed by atoms with E-state index in [1.54, 1.807) is 0 Å². The largest absolute Gasteiger partial charge is 0.478 e. The lowest BCUT2D eigenvalue weighted by Gasteiger charge is -2.18. The maximum atomic E-state index is 10.9. The highest BCUT2D eigenvalue weighted by Crippen LogP contribution is 2.13. The van der Waals surface area contributed by atoms with Crippen LogP contribution in [0.3, 0.4) is 0 Å². The summed E-state index contributed by atoms with van der Waals surface area (Å²) in [7, 11) is 0. The molecule has 0 aromatic carbocycles. The minimum Gasteiger partial charge on any atom is -0.478 e. The third-order valence-corrected chi connectivity index (χ3v) is 2.62. The Morgan fingerprint density at radius 2 is 2.25 bits per heavy atom. The van der Waals surface area contributed by atoms with Crippen LogP contribution in [0.15, 0.2) is 16.7 Å². The molecule has 4 nitrogen and oxygen atoms in total. The third kappa shape index (κ3) is 3.38. The van der Waals surface area contributed by atoms with Crippen molar-refractivity contribution in [2.75, 3.05) is 13.1 Å². The molecule has 0 atom stereocenters. The second-order valence-electron chi connectivity index (χ2n) is 3.78. The van der Waals surface area contributed by atoms with Crippen LogP contribution in [0.1, 0.15) is 42.8 Å². The molecule has 1 rings (SSSR count). The van der Waals surface area contributed by atoms with Crippen molar-refractivity contribution in [3.05, 3.63) is 23.7 Å². The summed E-state index contributed by atoms with van der Waals surface area (Å²) in [6, 6.07) is 1.51. The van der Waals surface area contributed by atoms with Crippen molar-refractivity contribution >= 4 is 5.97 Å². The highest BCUT2D eigenvalue weighted by molar-refractivity contribution is 5.88. The molecule has 0 saturated carbocycles. The molecule has 0 radical (unpaired) electrons. The first-order valence-electron chi connectivity index (χ1n) is 5.71. The summed E-state index contributed by atoms with van der Waals surface area (Å²) in [5.74, 6) is -0.374. The number of furan rings is 1. The molecule has 1 N–H and O–H groups in total. The van der Waals surface area contributed by atoms with Gasteiger partial charge in [-0.05, 0) is 25.6 Å². The number of unbranched alkanes of at least 4 members (excludes halogenated alkanes) is 1. The molecule has 0 saturated heterocycles. The van der Waals surface area contributed by atoms with Crippen LogP contribution in [0.25, 0.3) is 0 Å². The highest BCUT2D eigenvalue weighted by Gasteiger charge is 2.15. The zero-order valence-electron chi connectivity index (χ0n) is 9.90. The molecule has 1 heterocycles. The SMILES string of the molecule is CCCCN(CC)Cc1occc1C(=O)O. The Labute approximate surface area is 95.9 Å². The van der Waals surface area contributed by atoms with Crippen molar-refractivity contribution in [1.29, 1.82) is 0 Å². The fourth-order valence-corrected chi connectivity index (χ4v) is 1.59. The Balaban J connectivity index is 2.62. The first-order valence-corrected chi connectivity index (χ1v) is 5.71. The molecule has 0 aliphatic heterocycles. The van der Waals surface area contributed by atoms with E-state index in [9.17, 15) is 4.79 Å². The summed E-state index contributed by atoms with van der Waals surface area (Å²) < 4.78 is 5.22. The lowest BCUT2D eigenvalue weighted by Crippen LogP contribution is -2.24. The summed E-state index contributed by atoms with van der Waals surface area (Å²) in [5.41, 5.74) is 0.273. The van der Waals surface area contributed by atoms with Gasteiger partial charge in [-0.25, -0.2) is 4.79 Å². The van der Waals surface area contributed by atoms with Gasteiger partial charge in [-0.1, -0.05) is 20.3 Å². The molecule has 0 spiro atoms. The van der Waals surface area contributed by atoms with Gasteiger partial charge in [-0.2, -0.15) is 0 Å². The van der Waals surface area contributed by atoms with Gasteiger partial charge in [-0.3, -0.25) is 4.90 Å². The van der Waals surface area contributed by atoms with Crippen LogP contribution in [0, 0.1) is 0 Å². The maximum Gasteiger partial charge on any atom is 0.339 e. The van der Waals surface area contributed by atoms with Gasteiger partial charge in [0.15, 0.2) is 0 Å². The minimum absolute atomic E-state index is 0.273. The summed E-state index contributed by atoms with van der Waals surface area (Å²) >= 11 is 0. The number of carboxylic acid groups (broad SMARTS) is 1. The Bertz CT molecular complexity index is 333. The Morgan fingerprint density at radius 1 is 1.50 bits per heavy atom. The summed E-state index contributed by atoms with van der Waals surface area (Å²) in [6.07, 6.45) is 3.70. The van der Waals surface area contributed by atoms with Crippen LogP contribution in [0.5, 0.6) is 0 Å². The van der Waals surface area contributed by atoms with Crippen molar-refractivity contribution in [2.24, 2.45) is 0 Å². The monoisotopic (exact) mass is 225 g/mol. The molecule has 0 amide bonds. The van der Waals surface area contributed by atoms with Gasteiger partial charge in [0, 0.05) is 0 Å². The van der Waals surface area contributed by atoms with Gasteiger partial charge < -0.3 is 9.52 Å². The van der Waals surface area contributed by atoms with E-state index < -0.39 is 5.97 Å². The van der Waals surface area contributed by atoms with Crippen molar-refractivity contribution in [2.45, 2.75) is 33.2 Å². The number of aromatic carboxylic acids is 1. The van der Waals surface area contributed by atoms with Crippen LogP contribution in [-0.4, -0.2) is 29.1 Å². The highest BCUT2D eigenvalue weighted by atomic mass is 16.4. The quantitative estimate of drug-likeness (QED) is 0.775. The van der Waals surface area contributed by atoms with Crippen LogP contribution < -0.4 is 0 Å². The van der Waals surface area contributed by atoms with Gasteiger partial charge in [0.1, 0.15) is 11.3 Å². The molecule has 4 heteroatoms. The molecular formula is C12H19NO3. The van der Waals surface area contributed by atoms with E-state index in [0.717, 1.165) is 25.9 Å². The molecule has 0 unspecified atom stereocenters. The van der Waals surface area contributed by atoms with E-state index in [2.05, 4.69) is 18.7 Å². The van der Waals surface area contributed by atoms with Crippen LogP contribution in [-0.2, 0) is 6.54 Å². The molecule has 0 bridgehead atoms. The number of carbonyl (C=O) groups is 1. The zero-order chi connectivity index (χ0) is 12.0. The fraction of sp³-hybridized carbons (Fsp3) is 0.583. The van der Waals surface area contributed by atoms with Gasteiger partial charge in [0.25, 0.3) is 0 Å². The van der Waals surface area contributed by atoms with Crippen LogP contribution in [0.2, 0.25) is 0 Å². The first-order chi connectivity index (χ1) is 7.69. The van der Waals surface area contributed by atoms with Gasteiger partial charge >= 0.3 is 5.97 Å². The average Bonchev–Trinajstić information content (AvgIpc) is 2.72. The molecule has 0 aliphatic rings. The van der Waals surface area contributed by atoms with Crippen LogP contribution >= 0.6 is 0 Å². The Hall–Kier alpha value is -1.29. The van der Waals surface area contributed by atoms with E-state index in [0.29, 0.717) is 12.3 Å². The smallest absolute Gasteiger partial charge is 0.339 e. The van der Waals surface area contributed by atoms with Crippen molar-refractivity contribution in [3.63, 3.8) is 0 Å². The van der Waals surface area contributed by atoms with Gasteiger partial charge in [0.05, 0.1) is 12.8 Å². The topological polar surface area (TPSA) is 53.7 Å². The van der Waals surface area contributed by atoms with Gasteiger partial charge in [-0.15, -0.1) is 0 Å². The summed E-state index contributed by atoms with van der Waals surface area (Å²) in [5, 5.41) is 8.94. The average molecular weight is 225 g/mol. The van der Waals surface area contributed by atoms with Crippen molar-refractivity contribution in [1.82, 2.24) is 4.90 Å². The van der Waals surface area contributed by atoms with E-state index in [1.165, 1.54) is 12.3 Å². The predicted octanol–water partition coefficient (Wildman–Crippen LogP) is 2.60.